The summed E-state index contributed by atoms with van der Waals surface area (Å²) in [4.78, 5) is 12.0. The Balaban J connectivity index is 2.07. The highest BCUT2D eigenvalue weighted by Gasteiger charge is 2.11. The molecule has 0 atom stereocenters. The predicted molar refractivity (Wildman–Crippen MR) is 81.7 cm³/mol. The van der Waals surface area contributed by atoms with E-state index in [1.807, 2.05) is 0 Å². The number of carbonyl (C=O) groups excluding carboxylic acids is 1. The van der Waals surface area contributed by atoms with E-state index >= 15 is 0 Å². The fourth-order valence-electron chi connectivity index (χ4n) is 1.86. The summed E-state index contributed by atoms with van der Waals surface area (Å²) in [6, 6.07) is 9.47. The molecule has 2 aromatic carbocycles. The van der Waals surface area contributed by atoms with Crippen LogP contribution in [0.1, 0.15) is 15.9 Å². The van der Waals surface area contributed by atoms with Crippen LogP contribution in [0, 0.1) is 0 Å². The lowest BCUT2D eigenvalue weighted by Gasteiger charge is -2.09. The number of anilines is 1. The predicted octanol–water partition coefficient (Wildman–Crippen LogP) is 2.57. The molecule has 2 rings (SSSR count). The van der Waals surface area contributed by atoms with Gasteiger partial charge in [-0.1, -0.05) is 17.7 Å². The number of aromatic hydroxyl groups is 1. The molecule has 0 aliphatic heterocycles. The Morgan fingerprint density at radius 2 is 2.10 bits per heavy atom. The standard InChI is InChI=1S/C15H15ClN2O3/c1-21-14-5-2-9(6-13(14)17)8-18-15(20)11-7-10(19)3-4-12(11)16/h2-7,19H,8,17H2,1H3,(H,18,20). The number of rotatable bonds is 4. The van der Waals surface area contributed by atoms with Crippen LogP contribution in [-0.4, -0.2) is 18.1 Å². The second kappa shape index (κ2) is 6.37. The minimum absolute atomic E-state index is 0.0155. The Labute approximate surface area is 127 Å². The van der Waals surface area contributed by atoms with Crippen molar-refractivity contribution in [2.75, 3.05) is 12.8 Å². The van der Waals surface area contributed by atoms with Gasteiger partial charge in [-0.2, -0.15) is 0 Å². The molecule has 0 aliphatic carbocycles. The van der Waals surface area contributed by atoms with Gasteiger partial charge in [0, 0.05) is 6.54 Å². The number of nitrogen functional groups attached to an aromatic ring is 1. The van der Waals surface area contributed by atoms with E-state index in [4.69, 9.17) is 22.1 Å². The van der Waals surface area contributed by atoms with Crippen molar-refractivity contribution in [3.05, 3.63) is 52.5 Å². The summed E-state index contributed by atoms with van der Waals surface area (Å²) in [5.74, 6) is 0.199. The zero-order valence-corrected chi connectivity index (χ0v) is 12.1. The topological polar surface area (TPSA) is 84.6 Å². The van der Waals surface area contributed by atoms with E-state index < -0.39 is 0 Å². The smallest absolute Gasteiger partial charge is 0.253 e. The highest BCUT2D eigenvalue weighted by molar-refractivity contribution is 6.33. The summed E-state index contributed by atoms with van der Waals surface area (Å²) in [5.41, 5.74) is 7.35. The van der Waals surface area contributed by atoms with Crippen LogP contribution in [0.15, 0.2) is 36.4 Å². The first kappa shape index (κ1) is 15.0. The van der Waals surface area contributed by atoms with Gasteiger partial charge in [-0.25, -0.2) is 0 Å². The number of phenolic OH excluding ortho intramolecular Hbond substituents is 1. The maximum absolute atomic E-state index is 12.0. The number of ether oxygens (including phenoxy) is 1. The van der Waals surface area contributed by atoms with Crippen LogP contribution >= 0.6 is 11.6 Å². The molecule has 0 saturated carbocycles. The monoisotopic (exact) mass is 306 g/mol. The third-order valence-corrected chi connectivity index (χ3v) is 3.27. The molecule has 0 spiro atoms. The first-order chi connectivity index (χ1) is 10.0. The lowest BCUT2D eigenvalue weighted by atomic mass is 10.1. The molecule has 21 heavy (non-hydrogen) atoms. The molecule has 0 fully saturated rings. The molecule has 0 aliphatic rings. The normalized spacial score (nSPS) is 10.2. The fourth-order valence-corrected chi connectivity index (χ4v) is 2.06. The molecule has 110 valence electrons. The molecule has 0 unspecified atom stereocenters. The van der Waals surface area contributed by atoms with Crippen LogP contribution in [0.2, 0.25) is 5.02 Å². The Morgan fingerprint density at radius 3 is 2.76 bits per heavy atom. The van der Waals surface area contributed by atoms with E-state index in [1.54, 1.807) is 18.2 Å². The van der Waals surface area contributed by atoms with E-state index in [2.05, 4.69) is 5.32 Å². The lowest BCUT2D eigenvalue weighted by molar-refractivity contribution is 0.0950. The fraction of sp³-hybridized carbons (Fsp3) is 0.133. The van der Waals surface area contributed by atoms with Crippen molar-refractivity contribution in [1.82, 2.24) is 5.32 Å². The molecule has 0 aromatic heterocycles. The van der Waals surface area contributed by atoms with Gasteiger partial charge in [0.2, 0.25) is 0 Å². The van der Waals surface area contributed by atoms with Crippen molar-refractivity contribution in [1.29, 1.82) is 0 Å². The first-order valence-corrected chi connectivity index (χ1v) is 6.58. The molecule has 0 radical (unpaired) electrons. The molecule has 0 saturated heterocycles. The van der Waals surface area contributed by atoms with Gasteiger partial charge < -0.3 is 20.9 Å². The SMILES string of the molecule is COc1ccc(CNC(=O)c2cc(O)ccc2Cl)cc1N. The van der Waals surface area contributed by atoms with Crippen molar-refractivity contribution in [2.24, 2.45) is 0 Å². The van der Waals surface area contributed by atoms with Crippen LogP contribution in [0.5, 0.6) is 11.5 Å². The zero-order valence-electron chi connectivity index (χ0n) is 11.4. The summed E-state index contributed by atoms with van der Waals surface area (Å²) < 4.78 is 5.07. The zero-order chi connectivity index (χ0) is 15.4. The number of phenols is 1. The summed E-state index contributed by atoms with van der Waals surface area (Å²) >= 11 is 5.93. The van der Waals surface area contributed by atoms with E-state index in [-0.39, 0.29) is 22.2 Å². The molecule has 5 nitrogen and oxygen atoms in total. The maximum Gasteiger partial charge on any atom is 0.253 e. The number of hydrogen-bond donors (Lipinski definition) is 3. The van der Waals surface area contributed by atoms with Crippen LogP contribution in [0.3, 0.4) is 0 Å². The van der Waals surface area contributed by atoms with Crippen LogP contribution in [-0.2, 0) is 6.54 Å². The van der Waals surface area contributed by atoms with Gasteiger partial charge in [0.05, 0.1) is 23.4 Å². The number of hydrogen-bond acceptors (Lipinski definition) is 4. The first-order valence-electron chi connectivity index (χ1n) is 6.20. The minimum Gasteiger partial charge on any atom is -0.508 e. The molecule has 0 heterocycles. The van der Waals surface area contributed by atoms with Gasteiger partial charge >= 0.3 is 0 Å². The van der Waals surface area contributed by atoms with Crippen LogP contribution in [0.25, 0.3) is 0 Å². The second-order valence-corrected chi connectivity index (χ2v) is 4.83. The summed E-state index contributed by atoms with van der Waals surface area (Å²) in [6.07, 6.45) is 0. The molecule has 2 aromatic rings. The third-order valence-electron chi connectivity index (χ3n) is 2.94. The molecular weight excluding hydrogens is 292 g/mol. The van der Waals surface area contributed by atoms with Crippen LogP contribution < -0.4 is 15.8 Å². The Kier molecular flexibility index (Phi) is 4.55. The number of carbonyl (C=O) groups is 1. The highest BCUT2D eigenvalue weighted by atomic mass is 35.5. The number of halogens is 1. The highest BCUT2D eigenvalue weighted by Crippen LogP contribution is 2.23. The Morgan fingerprint density at radius 1 is 1.33 bits per heavy atom. The molecular formula is C15H15ClN2O3. The summed E-state index contributed by atoms with van der Waals surface area (Å²) in [7, 11) is 1.54. The van der Waals surface area contributed by atoms with Gasteiger partial charge in [0.25, 0.3) is 5.91 Å². The average Bonchev–Trinajstić information content (AvgIpc) is 2.47. The summed E-state index contributed by atoms with van der Waals surface area (Å²) in [6.45, 7) is 0.291. The van der Waals surface area contributed by atoms with Gasteiger partial charge in [0.1, 0.15) is 11.5 Å². The van der Waals surface area contributed by atoms with Gasteiger partial charge in [-0.15, -0.1) is 0 Å². The Hall–Kier alpha value is -2.40. The number of amides is 1. The van der Waals surface area contributed by atoms with Crippen molar-refractivity contribution in [3.63, 3.8) is 0 Å². The summed E-state index contributed by atoms with van der Waals surface area (Å²) in [5, 5.41) is 12.4. The second-order valence-electron chi connectivity index (χ2n) is 4.42. The van der Waals surface area contributed by atoms with Crippen molar-refractivity contribution < 1.29 is 14.6 Å². The third kappa shape index (κ3) is 3.58. The molecule has 1 amide bonds. The van der Waals surface area contributed by atoms with Crippen molar-refractivity contribution in [3.8, 4) is 11.5 Å². The van der Waals surface area contributed by atoms with Crippen molar-refractivity contribution in [2.45, 2.75) is 6.54 Å². The Bertz CT molecular complexity index is 674. The molecule has 4 N–H and O–H groups in total. The van der Waals surface area contributed by atoms with Gasteiger partial charge in [0.15, 0.2) is 0 Å². The maximum atomic E-state index is 12.0. The largest absolute Gasteiger partial charge is 0.508 e. The van der Waals surface area contributed by atoms with E-state index in [9.17, 15) is 9.90 Å². The molecule has 0 bridgehead atoms. The average molecular weight is 307 g/mol. The minimum atomic E-state index is -0.370. The van der Waals surface area contributed by atoms with E-state index in [0.29, 0.717) is 18.0 Å². The quantitative estimate of drug-likeness (QED) is 0.758. The van der Waals surface area contributed by atoms with Crippen LogP contribution in [0.4, 0.5) is 5.69 Å². The number of nitrogens with one attached hydrogen (secondary N) is 1. The number of benzene rings is 2. The molecule has 6 heteroatoms. The van der Waals surface area contributed by atoms with E-state index in [0.717, 1.165) is 5.56 Å². The number of nitrogens with two attached hydrogens (primary N) is 1. The van der Waals surface area contributed by atoms with Gasteiger partial charge in [-0.05, 0) is 35.9 Å². The van der Waals surface area contributed by atoms with Crippen molar-refractivity contribution >= 4 is 23.2 Å². The number of methoxy groups -OCH3 is 1. The lowest BCUT2D eigenvalue weighted by Crippen LogP contribution is -2.23. The van der Waals surface area contributed by atoms with Gasteiger partial charge in [-0.3, -0.25) is 4.79 Å². The van der Waals surface area contributed by atoms with E-state index in [1.165, 1.54) is 25.3 Å².